The molecule has 20 heavy (non-hydrogen) atoms. The summed E-state index contributed by atoms with van der Waals surface area (Å²) >= 11 is 0. The Labute approximate surface area is 120 Å². The molecule has 0 saturated heterocycles. The molecule has 0 saturated carbocycles. The number of nitriles is 1. The average Bonchev–Trinajstić information content (AvgIpc) is 2.46. The van der Waals surface area contributed by atoms with E-state index in [-0.39, 0.29) is 11.5 Å². The van der Waals surface area contributed by atoms with E-state index >= 15 is 0 Å². The number of carbonyl (C=O) groups excluding carboxylic acids is 1. The van der Waals surface area contributed by atoms with Gasteiger partial charge in [0, 0.05) is 32.9 Å². The van der Waals surface area contributed by atoms with Crippen LogP contribution in [0.25, 0.3) is 6.08 Å². The van der Waals surface area contributed by atoms with Crippen LogP contribution in [-0.2, 0) is 4.79 Å². The molecule has 4 nitrogen and oxygen atoms in total. The van der Waals surface area contributed by atoms with Crippen molar-refractivity contribution in [1.82, 2.24) is 4.90 Å². The lowest BCUT2D eigenvalue weighted by molar-refractivity contribution is -0.124. The Balaban J connectivity index is 2.99. The van der Waals surface area contributed by atoms with Crippen LogP contribution in [-0.4, -0.2) is 38.0 Å². The number of hydrogen-bond acceptors (Lipinski definition) is 3. The van der Waals surface area contributed by atoms with Crippen molar-refractivity contribution >= 4 is 17.7 Å². The lowest BCUT2D eigenvalue weighted by atomic mass is 10.1. The third-order valence-electron chi connectivity index (χ3n) is 3.09. The minimum Gasteiger partial charge on any atom is -0.372 e. The zero-order valence-electron chi connectivity index (χ0n) is 12.6. The fourth-order valence-electron chi connectivity index (χ4n) is 1.92. The first-order chi connectivity index (χ1) is 9.53. The largest absolute Gasteiger partial charge is 0.372 e. The van der Waals surface area contributed by atoms with Crippen molar-refractivity contribution in [2.45, 2.75) is 13.8 Å². The number of hydrogen-bond donors (Lipinski definition) is 0. The van der Waals surface area contributed by atoms with E-state index in [1.807, 2.05) is 30.3 Å². The second-order valence-corrected chi connectivity index (χ2v) is 4.63. The maximum Gasteiger partial charge on any atom is 0.264 e. The predicted molar refractivity (Wildman–Crippen MR) is 82.3 cm³/mol. The van der Waals surface area contributed by atoms with E-state index in [2.05, 4.69) is 18.7 Å². The molecule has 0 bridgehead atoms. The fourth-order valence-corrected chi connectivity index (χ4v) is 1.92. The standard InChI is InChI=1S/C16H21N3O/c1-5-19(6-2)15-9-7-13(8-10-15)11-14(12-17)16(20)18(3)4/h7-11H,5-6H2,1-4H3/b14-11+. The van der Waals surface area contributed by atoms with Crippen LogP contribution < -0.4 is 4.90 Å². The third kappa shape index (κ3) is 3.86. The molecule has 0 spiro atoms. The minimum absolute atomic E-state index is 0.144. The van der Waals surface area contributed by atoms with Gasteiger partial charge in [0.15, 0.2) is 0 Å². The number of likely N-dealkylation sites (N-methyl/N-ethyl adjacent to an activating group) is 1. The summed E-state index contributed by atoms with van der Waals surface area (Å²) in [6, 6.07) is 9.82. The first kappa shape index (κ1) is 15.8. The lowest BCUT2D eigenvalue weighted by Crippen LogP contribution is -2.22. The molecule has 0 aliphatic carbocycles. The molecular weight excluding hydrogens is 250 g/mol. The normalized spacial score (nSPS) is 10.8. The molecule has 0 unspecified atom stereocenters. The van der Waals surface area contributed by atoms with Crippen molar-refractivity contribution in [3.8, 4) is 6.07 Å². The molecule has 0 atom stereocenters. The van der Waals surface area contributed by atoms with Gasteiger partial charge in [-0.25, -0.2) is 0 Å². The van der Waals surface area contributed by atoms with Gasteiger partial charge in [0.05, 0.1) is 0 Å². The summed E-state index contributed by atoms with van der Waals surface area (Å²) in [6.07, 6.45) is 1.62. The second kappa shape index (κ2) is 7.34. The summed E-state index contributed by atoms with van der Waals surface area (Å²) in [5.74, 6) is -0.277. The third-order valence-corrected chi connectivity index (χ3v) is 3.09. The van der Waals surface area contributed by atoms with Crippen molar-refractivity contribution in [3.05, 3.63) is 35.4 Å². The first-order valence-electron chi connectivity index (χ1n) is 6.71. The summed E-state index contributed by atoms with van der Waals surface area (Å²) in [5.41, 5.74) is 2.14. The number of benzene rings is 1. The lowest BCUT2D eigenvalue weighted by Gasteiger charge is -2.20. The van der Waals surface area contributed by atoms with Gasteiger partial charge in [-0.3, -0.25) is 4.79 Å². The topological polar surface area (TPSA) is 47.3 Å². The van der Waals surface area contributed by atoms with Crippen LogP contribution in [0.4, 0.5) is 5.69 Å². The SMILES string of the molecule is CCN(CC)c1ccc(/C=C(\C#N)C(=O)N(C)C)cc1. The Morgan fingerprint density at radius 1 is 1.20 bits per heavy atom. The highest BCUT2D eigenvalue weighted by molar-refractivity contribution is 6.01. The molecular formula is C16H21N3O. The monoisotopic (exact) mass is 271 g/mol. The van der Waals surface area contributed by atoms with Gasteiger partial charge in [0.2, 0.25) is 0 Å². The van der Waals surface area contributed by atoms with Gasteiger partial charge in [-0.15, -0.1) is 0 Å². The van der Waals surface area contributed by atoms with Crippen molar-refractivity contribution in [2.75, 3.05) is 32.1 Å². The van der Waals surface area contributed by atoms with Gasteiger partial charge in [-0.05, 0) is 37.6 Å². The maximum atomic E-state index is 11.8. The van der Waals surface area contributed by atoms with E-state index in [4.69, 9.17) is 5.26 Å². The Morgan fingerprint density at radius 2 is 1.75 bits per heavy atom. The Morgan fingerprint density at radius 3 is 2.15 bits per heavy atom. The number of anilines is 1. The molecule has 0 heterocycles. The van der Waals surface area contributed by atoms with Crippen LogP contribution in [0.1, 0.15) is 19.4 Å². The van der Waals surface area contributed by atoms with Crippen LogP contribution in [0.15, 0.2) is 29.8 Å². The molecule has 0 N–H and O–H groups in total. The van der Waals surface area contributed by atoms with Crippen LogP contribution >= 0.6 is 0 Å². The molecule has 1 rings (SSSR count). The van der Waals surface area contributed by atoms with Crippen LogP contribution in [0.3, 0.4) is 0 Å². The zero-order chi connectivity index (χ0) is 15.1. The smallest absolute Gasteiger partial charge is 0.264 e. The molecule has 0 aliphatic heterocycles. The summed E-state index contributed by atoms with van der Waals surface area (Å²) < 4.78 is 0. The number of nitrogens with zero attached hydrogens (tertiary/aromatic N) is 3. The zero-order valence-corrected chi connectivity index (χ0v) is 12.6. The van der Waals surface area contributed by atoms with E-state index in [1.165, 1.54) is 4.90 Å². The maximum absolute atomic E-state index is 11.8. The summed E-state index contributed by atoms with van der Waals surface area (Å²) in [5, 5.41) is 9.05. The van der Waals surface area contributed by atoms with Gasteiger partial charge >= 0.3 is 0 Å². The van der Waals surface area contributed by atoms with Gasteiger partial charge in [-0.2, -0.15) is 5.26 Å². The Hall–Kier alpha value is -2.28. The van der Waals surface area contributed by atoms with E-state index in [1.54, 1.807) is 20.2 Å². The summed E-state index contributed by atoms with van der Waals surface area (Å²) in [7, 11) is 3.27. The molecule has 1 amide bonds. The highest BCUT2D eigenvalue weighted by Crippen LogP contribution is 2.17. The molecule has 0 fully saturated rings. The van der Waals surface area contributed by atoms with Crippen LogP contribution in [0.5, 0.6) is 0 Å². The highest BCUT2D eigenvalue weighted by Gasteiger charge is 2.10. The van der Waals surface area contributed by atoms with Gasteiger partial charge in [0.1, 0.15) is 11.6 Å². The van der Waals surface area contributed by atoms with Gasteiger partial charge < -0.3 is 9.80 Å². The van der Waals surface area contributed by atoms with Crippen molar-refractivity contribution in [1.29, 1.82) is 5.26 Å². The first-order valence-corrected chi connectivity index (χ1v) is 6.71. The van der Waals surface area contributed by atoms with Gasteiger partial charge in [-0.1, -0.05) is 12.1 Å². The van der Waals surface area contributed by atoms with Crippen LogP contribution in [0.2, 0.25) is 0 Å². The summed E-state index contributed by atoms with van der Waals surface area (Å²) in [4.78, 5) is 15.4. The van der Waals surface area contributed by atoms with Crippen molar-refractivity contribution < 1.29 is 4.79 Å². The average molecular weight is 271 g/mol. The quantitative estimate of drug-likeness (QED) is 0.610. The van der Waals surface area contributed by atoms with E-state index in [0.717, 1.165) is 24.3 Å². The molecule has 4 heteroatoms. The molecule has 106 valence electrons. The Bertz CT molecular complexity index is 520. The molecule has 0 aromatic heterocycles. The van der Waals surface area contributed by atoms with Crippen molar-refractivity contribution in [2.24, 2.45) is 0 Å². The summed E-state index contributed by atoms with van der Waals surface area (Å²) in [6.45, 7) is 6.13. The highest BCUT2D eigenvalue weighted by atomic mass is 16.2. The molecule has 0 aliphatic rings. The molecule has 1 aromatic carbocycles. The Kier molecular flexibility index (Phi) is 5.79. The number of rotatable bonds is 5. The van der Waals surface area contributed by atoms with E-state index in [9.17, 15) is 4.79 Å². The molecule has 0 radical (unpaired) electrons. The second-order valence-electron chi connectivity index (χ2n) is 4.63. The van der Waals surface area contributed by atoms with E-state index < -0.39 is 0 Å². The number of carbonyl (C=O) groups is 1. The fraction of sp³-hybridized carbons (Fsp3) is 0.375. The van der Waals surface area contributed by atoms with Crippen LogP contribution in [0, 0.1) is 11.3 Å². The number of amides is 1. The van der Waals surface area contributed by atoms with E-state index in [0.29, 0.717) is 0 Å². The van der Waals surface area contributed by atoms with Crippen molar-refractivity contribution in [3.63, 3.8) is 0 Å². The molecule has 1 aromatic rings. The minimum atomic E-state index is -0.277. The van der Waals surface area contributed by atoms with Gasteiger partial charge in [0.25, 0.3) is 5.91 Å². The predicted octanol–water partition coefficient (Wildman–Crippen LogP) is 2.53.